The van der Waals surface area contributed by atoms with E-state index in [2.05, 4.69) is 17.4 Å². The van der Waals surface area contributed by atoms with E-state index in [-0.39, 0.29) is 0 Å². The minimum absolute atomic E-state index is 0.365. The minimum Gasteiger partial charge on any atom is -0.454 e. The Labute approximate surface area is 126 Å². The van der Waals surface area contributed by atoms with Crippen molar-refractivity contribution in [3.05, 3.63) is 23.8 Å². The molecule has 3 nitrogen and oxygen atoms in total. The van der Waals surface area contributed by atoms with Crippen LogP contribution in [-0.4, -0.2) is 12.3 Å². The third-order valence-corrected chi connectivity index (χ3v) is 6.17. The fourth-order valence-electron chi connectivity index (χ4n) is 5.74. The van der Waals surface area contributed by atoms with Gasteiger partial charge in [-0.15, -0.1) is 0 Å². The lowest BCUT2D eigenvalue weighted by Gasteiger charge is -2.57. The van der Waals surface area contributed by atoms with Gasteiger partial charge < -0.3 is 14.8 Å². The molecular formula is C18H23NO2. The molecule has 1 aromatic rings. The highest BCUT2D eigenvalue weighted by Crippen LogP contribution is 2.55. The summed E-state index contributed by atoms with van der Waals surface area (Å²) in [6.45, 7) is 1.28. The number of fused-ring (bicyclic) bond motifs is 1. The molecule has 0 atom stereocenters. The van der Waals surface area contributed by atoms with Crippen LogP contribution in [0.25, 0.3) is 0 Å². The van der Waals surface area contributed by atoms with E-state index in [4.69, 9.17) is 9.47 Å². The van der Waals surface area contributed by atoms with E-state index < -0.39 is 0 Å². The highest BCUT2D eigenvalue weighted by Gasteiger charge is 2.50. The lowest BCUT2D eigenvalue weighted by Crippen LogP contribution is -2.58. The van der Waals surface area contributed by atoms with Crippen LogP contribution in [0.4, 0.5) is 0 Å². The number of ether oxygens (including phenoxy) is 2. The number of para-hydroxylation sites is 1. The van der Waals surface area contributed by atoms with Gasteiger partial charge in [-0.3, -0.25) is 0 Å². The summed E-state index contributed by atoms with van der Waals surface area (Å²) < 4.78 is 11.1. The monoisotopic (exact) mass is 285 g/mol. The van der Waals surface area contributed by atoms with E-state index in [0.29, 0.717) is 12.3 Å². The van der Waals surface area contributed by atoms with Crippen molar-refractivity contribution in [2.75, 3.05) is 6.79 Å². The summed E-state index contributed by atoms with van der Waals surface area (Å²) >= 11 is 0. The smallest absolute Gasteiger partial charge is 0.231 e. The maximum absolute atomic E-state index is 5.64. The number of rotatable bonds is 3. The summed E-state index contributed by atoms with van der Waals surface area (Å²) in [6, 6.07) is 6.24. The SMILES string of the molecule is c1cc(CNC23CC4CC(CC(C4)C2)C3)c2c(c1)OCO2. The maximum atomic E-state index is 5.64. The van der Waals surface area contributed by atoms with Crippen molar-refractivity contribution in [1.29, 1.82) is 0 Å². The van der Waals surface area contributed by atoms with Gasteiger partial charge in [0, 0.05) is 17.6 Å². The van der Waals surface area contributed by atoms with Gasteiger partial charge in [0.25, 0.3) is 0 Å². The van der Waals surface area contributed by atoms with Crippen LogP contribution in [0, 0.1) is 17.8 Å². The fourth-order valence-corrected chi connectivity index (χ4v) is 5.74. The second-order valence-corrected chi connectivity index (χ2v) is 7.70. The van der Waals surface area contributed by atoms with Crippen LogP contribution in [0.1, 0.15) is 44.1 Å². The van der Waals surface area contributed by atoms with Gasteiger partial charge in [-0.1, -0.05) is 12.1 Å². The Bertz CT molecular complexity index is 533. The van der Waals surface area contributed by atoms with Crippen molar-refractivity contribution in [3.8, 4) is 11.5 Å². The first-order chi connectivity index (χ1) is 10.3. The molecule has 0 spiro atoms. The summed E-state index contributed by atoms with van der Waals surface area (Å²) in [7, 11) is 0. The first kappa shape index (κ1) is 12.3. The summed E-state index contributed by atoms with van der Waals surface area (Å²) in [6.07, 6.45) is 8.68. The van der Waals surface area contributed by atoms with E-state index in [0.717, 1.165) is 35.8 Å². The number of hydrogen-bond donors (Lipinski definition) is 1. The molecule has 4 saturated carbocycles. The number of benzene rings is 1. The zero-order valence-corrected chi connectivity index (χ0v) is 12.4. The van der Waals surface area contributed by atoms with Gasteiger partial charge in [-0.05, 0) is 62.3 Å². The molecule has 1 aliphatic heterocycles. The van der Waals surface area contributed by atoms with Crippen molar-refractivity contribution in [2.45, 2.75) is 50.6 Å². The first-order valence-corrected chi connectivity index (χ1v) is 8.42. The second kappa shape index (κ2) is 4.39. The average Bonchev–Trinajstić information content (AvgIpc) is 2.92. The number of nitrogens with one attached hydrogen (secondary N) is 1. The standard InChI is InChI=1S/C18H23NO2/c1-2-15(17-16(3-1)20-11-21-17)10-19-18-7-12-4-13(8-18)6-14(5-12)9-18/h1-3,12-14,19H,4-11H2. The fraction of sp³-hybridized carbons (Fsp3) is 0.667. The largest absolute Gasteiger partial charge is 0.454 e. The topological polar surface area (TPSA) is 30.5 Å². The van der Waals surface area contributed by atoms with Gasteiger partial charge in [0.2, 0.25) is 6.79 Å². The minimum atomic E-state index is 0.365. The highest BCUT2D eigenvalue weighted by atomic mass is 16.7. The predicted octanol–water partition coefficient (Wildman–Crippen LogP) is 3.47. The Morgan fingerprint density at radius 1 is 1.00 bits per heavy atom. The molecule has 0 amide bonds. The predicted molar refractivity (Wildman–Crippen MR) is 80.3 cm³/mol. The molecule has 1 heterocycles. The van der Waals surface area contributed by atoms with Crippen LogP contribution in [0.3, 0.4) is 0 Å². The van der Waals surface area contributed by atoms with Crippen molar-refractivity contribution in [2.24, 2.45) is 17.8 Å². The lowest BCUT2D eigenvalue weighted by molar-refractivity contribution is -0.0206. The Morgan fingerprint density at radius 2 is 1.71 bits per heavy atom. The van der Waals surface area contributed by atoms with Crippen LogP contribution in [0.15, 0.2) is 18.2 Å². The van der Waals surface area contributed by atoms with Crippen LogP contribution in [-0.2, 0) is 6.54 Å². The van der Waals surface area contributed by atoms with E-state index in [1.807, 2.05) is 6.07 Å². The molecule has 3 heteroatoms. The van der Waals surface area contributed by atoms with Crippen LogP contribution < -0.4 is 14.8 Å². The van der Waals surface area contributed by atoms with Crippen LogP contribution in [0.5, 0.6) is 11.5 Å². The van der Waals surface area contributed by atoms with Crippen LogP contribution in [0.2, 0.25) is 0 Å². The van der Waals surface area contributed by atoms with Crippen LogP contribution >= 0.6 is 0 Å². The molecule has 6 rings (SSSR count). The van der Waals surface area contributed by atoms with E-state index in [1.54, 1.807) is 0 Å². The molecule has 0 radical (unpaired) electrons. The van der Waals surface area contributed by atoms with E-state index >= 15 is 0 Å². The Kier molecular flexibility index (Phi) is 2.58. The lowest BCUT2D eigenvalue weighted by atomic mass is 9.53. The molecule has 5 aliphatic rings. The molecule has 0 saturated heterocycles. The summed E-state index contributed by atoms with van der Waals surface area (Å²) in [4.78, 5) is 0. The zero-order valence-electron chi connectivity index (χ0n) is 12.4. The molecule has 0 unspecified atom stereocenters. The van der Waals surface area contributed by atoms with Gasteiger partial charge >= 0.3 is 0 Å². The number of hydrogen-bond acceptors (Lipinski definition) is 3. The van der Waals surface area contributed by atoms with Crippen molar-refractivity contribution in [1.82, 2.24) is 5.32 Å². The summed E-state index contributed by atoms with van der Waals surface area (Å²) in [5.41, 5.74) is 1.66. The molecular weight excluding hydrogens is 262 g/mol. The quantitative estimate of drug-likeness (QED) is 0.922. The van der Waals surface area contributed by atoms with Gasteiger partial charge in [0.1, 0.15) is 0 Å². The Hall–Kier alpha value is -1.22. The molecule has 4 bridgehead atoms. The molecule has 4 aliphatic carbocycles. The van der Waals surface area contributed by atoms with Crippen molar-refractivity contribution in [3.63, 3.8) is 0 Å². The first-order valence-electron chi connectivity index (χ1n) is 8.42. The van der Waals surface area contributed by atoms with Gasteiger partial charge in [0.05, 0.1) is 0 Å². The van der Waals surface area contributed by atoms with Gasteiger partial charge in [0.15, 0.2) is 11.5 Å². The average molecular weight is 285 g/mol. The summed E-state index contributed by atoms with van der Waals surface area (Å²) in [5, 5.41) is 3.94. The molecule has 21 heavy (non-hydrogen) atoms. The molecule has 1 N–H and O–H groups in total. The maximum Gasteiger partial charge on any atom is 0.231 e. The van der Waals surface area contributed by atoms with Gasteiger partial charge in [-0.2, -0.15) is 0 Å². The van der Waals surface area contributed by atoms with Crippen molar-refractivity contribution >= 4 is 0 Å². The van der Waals surface area contributed by atoms with Crippen molar-refractivity contribution < 1.29 is 9.47 Å². The normalized spacial score (nSPS) is 39.0. The molecule has 4 fully saturated rings. The third kappa shape index (κ3) is 1.97. The molecule has 1 aromatic carbocycles. The zero-order chi connectivity index (χ0) is 13.9. The molecule has 112 valence electrons. The third-order valence-electron chi connectivity index (χ3n) is 6.17. The van der Waals surface area contributed by atoms with Gasteiger partial charge in [-0.25, -0.2) is 0 Å². The summed E-state index contributed by atoms with van der Waals surface area (Å²) in [5.74, 6) is 4.83. The Morgan fingerprint density at radius 3 is 2.43 bits per heavy atom. The second-order valence-electron chi connectivity index (χ2n) is 7.70. The highest BCUT2D eigenvalue weighted by molar-refractivity contribution is 5.48. The molecule has 0 aromatic heterocycles. The van der Waals surface area contributed by atoms with E-state index in [9.17, 15) is 0 Å². The Balaban J connectivity index is 1.36. The van der Waals surface area contributed by atoms with E-state index in [1.165, 1.54) is 44.1 Å².